The molecular formula is C22H22N4O5S. The maximum Gasteiger partial charge on any atom is 0.265 e. The zero-order chi connectivity index (χ0) is 22.8. The minimum atomic E-state index is -0.717. The van der Waals surface area contributed by atoms with Gasteiger partial charge in [-0.3, -0.25) is 19.3 Å². The van der Waals surface area contributed by atoms with E-state index >= 15 is 0 Å². The van der Waals surface area contributed by atoms with E-state index in [0.717, 1.165) is 4.70 Å². The Morgan fingerprint density at radius 1 is 1.28 bits per heavy atom. The summed E-state index contributed by atoms with van der Waals surface area (Å²) < 4.78 is 11.7. The van der Waals surface area contributed by atoms with Gasteiger partial charge < -0.3 is 20.1 Å². The Hall–Kier alpha value is -3.66. The van der Waals surface area contributed by atoms with Crippen molar-refractivity contribution < 1.29 is 23.9 Å². The summed E-state index contributed by atoms with van der Waals surface area (Å²) in [5.74, 6) is 0.201. The number of hydrogen-bond donors (Lipinski definition) is 2. The van der Waals surface area contributed by atoms with Crippen molar-refractivity contribution in [3.8, 4) is 11.5 Å². The number of amides is 3. The smallest absolute Gasteiger partial charge is 0.265 e. The number of carbonyl (C=O) groups excluding carboxylic acids is 3. The van der Waals surface area contributed by atoms with E-state index in [4.69, 9.17) is 9.47 Å². The number of anilines is 3. The van der Waals surface area contributed by atoms with Gasteiger partial charge in [0.15, 0.2) is 11.7 Å². The second-order valence-corrected chi connectivity index (χ2v) is 8.19. The van der Waals surface area contributed by atoms with Crippen LogP contribution in [0.15, 0.2) is 36.4 Å². The molecule has 1 aliphatic heterocycles. The van der Waals surface area contributed by atoms with Crippen LogP contribution in [0.25, 0.3) is 10.2 Å². The largest absolute Gasteiger partial charge is 0.494 e. The van der Waals surface area contributed by atoms with Crippen LogP contribution in [0.4, 0.5) is 16.5 Å². The average Bonchev–Trinajstić information content (AvgIpc) is 3.16. The summed E-state index contributed by atoms with van der Waals surface area (Å²) in [6.45, 7) is 3.14. The van der Waals surface area contributed by atoms with Gasteiger partial charge in [-0.25, -0.2) is 4.98 Å². The van der Waals surface area contributed by atoms with Gasteiger partial charge in [0.25, 0.3) is 5.91 Å². The second-order valence-electron chi connectivity index (χ2n) is 7.16. The molecule has 0 saturated carbocycles. The predicted octanol–water partition coefficient (Wildman–Crippen LogP) is 3.41. The lowest BCUT2D eigenvalue weighted by molar-refractivity contribution is -0.125. The highest BCUT2D eigenvalue weighted by atomic mass is 32.1. The van der Waals surface area contributed by atoms with Crippen molar-refractivity contribution >= 4 is 55.8 Å². The Morgan fingerprint density at radius 2 is 2.06 bits per heavy atom. The number of hydrogen-bond acceptors (Lipinski definition) is 7. The lowest BCUT2D eigenvalue weighted by atomic mass is 10.1. The third-order valence-electron chi connectivity index (χ3n) is 4.98. The maximum absolute atomic E-state index is 13.2. The van der Waals surface area contributed by atoms with Crippen molar-refractivity contribution in [1.82, 2.24) is 4.98 Å². The molecule has 1 atom stereocenters. The van der Waals surface area contributed by atoms with Gasteiger partial charge in [-0.2, -0.15) is 0 Å². The molecule has 32 heavy (non-hydrogen) atoms. The van der Waals surface area contributed by atoms with Crippen molar-refractivity contribution in [1.29, 1.82) is 0 Å². The summed E-state index contributed by atoms with van der Waals surface area (Å²) in [5.41, 5.74) is 1.66. The number of fused-ring (bicyclic) bond motifs is 2. The van der Waals surface area contributed by atoms with E-state index in [1.165, 1.54) is 30.3 Å². The molecule has 2 N–H and O–H groups in total. The number of para-hydroxylation sites is 2. The lowest BCUT2D eigenvalue weighted by Gasteiger charge is -2.34. The zero-order valence-corrected chi connectivity index (χ0v) is 18.6. The summed E-state index contributed by atoms with van der Waals surface area (Å²) in [7, 11) is 1.51. The highest BCUT2D eigenvalue weighted by Gasteiger charge is 2.34. The summed E-state index contributed by atoms with van der Waals surface area (Å²) in [6.07, 6.45) is 0.415. The van der Waals surface area contributed by atoms with Gasteiger partial charge in [-0.1, -0.05) is 30.4 Å². The number of aromatic nitrogens is 1. The second kappa shape index (κ2) is 8.83. The Morgan fingerprint density at radius 3 is 2.78 bits per heavy atom. The molecule has 0 saturated heterocycles. The normalized spacial score (nSPS) is 13.8. The van der Waals surface area contributed by atoms with Gasteiger partial charge in [0.05, 0.1) is 17.5 Å². The molecule has 2 aromatic carbocycles. The molecule has 166 valence electrons. The Labute approximate surface area is 188 Å². The van der Waals surface area contributed by atoms with Crippen LogP contribution in [0.5, 0.6) is 11.5 Å². The first-order chi connectivity index (χ1) is 15.4. The topological polar surface area (TPSA) is 110 Å². The van der Waals surface area contributed by atoms with Gasteiger partial charge in [0.2, 0.25) is 11.8 Å². The number of rotatable bonds is 6. The number of carbonyl (C=O) groups is 3. The fraction of sp³-hybridized carbons (Fsp3) is 0.273. The van der Waals surface area contributed by atoms with Gasteiger partial charge in [-0.15, -0.1) is 0 Å². The van der Waals surface area contributed by atoms with Crippen molar-refractivity contribution in [3.63, 3.8) is 0 Å². The monoisotopic (exact) mass is 454 g/mol. The van der Waals surface area contributed by atoms with Gasteiger partial charge in [0.1, 0.15) is 23.1 Å². The molecule has 4 rings (SSSR count). The Kier molecular flexibility index (Phi) is 5.95. The van der Waals surface area contributed by atoms with E-state index in [1.54, 1.807) is 30.3 Å². The molecule has 0 spiro atoms. The average molecular weight is 455 g/mol. The lowest BCUT2D eigenvalue weighted by Crippen LogP contribution is -2.51. The van der Waals surface area contributed by atoms with Crippen molar-refractivity contribution in [2.75, 3.05) is 29.3 Å². The van der Waals surface area contributed by atoms with E-state index in [9.17, 15) is 14.4 Å². The molecule has 0 unspecified atom stereocenters. The third kappa shape index (κ3) is 4.09. The first kappa shape index (κ1) is 21.6. The standard InChI is InChI=1S/C22H22N4O5S/c1-4-14(26-15-7-5-6-8-16(15)31-11-19(26)28)21(29)24-13-9-17(30-3)20-18(10-13)32-22(25-20)23-12(2)27/h5-10,14H,4,11H2,1-3H3,(H,24,29)(H,23,25,27)/t14-/m0/s1. The number of ether oxygens (including phenoxy) is 2. The predicted molar refractivity (Wildman–Crippen MR) is 123 cm³/mol. The number of methoxy groups -OCH3 is 1. The molecule has 3 amide bonds. The fourth-order valence-electron chi connectivity index (χ4n) is 3.60. The van der Waals surface area contributed by atoms with Crippen LogP contribution in [0.1, 0.15) is 20.3 Å². The van der Waals surface area contributed by atoms with E-state index < -0.39 is 6.04 Å². The molecule has 2 heterocycles. The molecule has 1 aliphatic rings. The van der Waals surface area contributed by atoms with Crippen LogP contribution in [-0.2, 0) is 14.4 Å². The van der Waals surface area contributed by atoms with E-state index in [2.05, 4.69) is 15.6 Å². The summed E-state index contributed by atoms with van der Waals surface area (Å²) in [4.78, 5) is 43.1. The van der Waals surface area contributed by atoms with Gasteiger partial charge >= 0.3 is 0 Å². The minimum Gasteiger partial charge on any atom is -0.494 e. The molecule has 3 aromatic rings. The minimum absolute atomic E-state index is 0.118. The summed E-state index contributed by atoms with van der Waals surface area (Å²) in [6, 6.07) is 9.87. The third-order valence-corrected chi connectivity index (χ3v) is 5.89. The van der Waals surface area contributed by atoms with Gasteiger partial charge in [0, 0.05) is 18.7 Å². The van der Waals surface area contributed by atoms with Crippen LogP contribution in [0.2, 0.25) is 0 Å². The van der Waals surface area contributed by atoms with E-state index in [0.29, 0.717) is 39.9 Å². The Bertz CT molecular complexity index is 1210. The maximum atomic E-state index is 13.2. The number of nitrogens with zero attached hydrogens (tertiary/aromatic N) is 2. The zero-order valence-electron chi connectivity index (χ0n) is 17.8. The van der Waals surface area contributed by atoms with Crippen molar-refractivity contribution in [3.05, 3.63) is 36.4 Å². The van der Waals surface area contributed by atoms with Crippen LogP contribution in [0.3, 0.4) is 0 Å². The van der Waals surface area contributed by atoms with Crippen LogP contribution in [-0.4, -0.2) is 42.5 Å². The number of thiazole rings is 1. The molecule has 0 bridgehead atoms. The van der Waals surface area contributed by atoms with Crippen molar-refractivity contribution in [2.24, 2.45) is 0 Å². The molecule has 1 aromatic heterocycles. The number of benzene rings is 2. The number of nitrogens with one attached hydrogen (secondary N) is 2. The fourth-order valence-corrected chi connectivity index (χ4v) is 4.57. The summed E-state index contributed by atoms with van der Waals surface area (Å²) >= 11 is 1.27. The Balaban J connectivity index is 1.64. The van der Waals surface area contributed by atoms with Crippen LogP contribution in [0, 0.1) is 0 Å². The molecule has 0 aliphatic carbocycles. The first-order valence-corrected chi connectivity index (χ1v) is 10.8. The molecule has 0 fully saturated rings. The van der Waals surface area contributed by atoms with Crippen LogP contribution >= 0.6 is 11.3 Å². The highest BCUT2D eigenvalue weighted by molar-refractivity contribution is 7.22. The molecule has 9 nitrogen and oxygen atoms in total. The molecule has 10 heteroatoms. The van der Waals surface area contributed by atoms with E-state index in [-0.39, 0.29) is 24.3 Å². The van der Waals surface area contributed by atoms with E-state index in [1.807, 2.05) is 13.0 Å². The summed E-state index contributed by atoms with van der Waals surface area (Å²) in [5, 5.41) is 6.00. The molecule has 0 radical (unpaired) electrons. The SMILES string of the molecule is CC[C@@H](C(=O)Nc1cc(OC)c2nc(NC(C)=O)sc2c1)N1C(=O)COc2ccccc21. The van der Waals surface area contributed by atoms with Crippen molar-refractivity contribution in [2.45, 2.75) is 26.3 Å². The highest BCUT2D eigenvalue weighted by Crippen LogP contribution is 2.37. The van der Waals surface area contributed by atoms with Gasteiger partial charge in [-0.05, 0) is 24.6 Å². The quantitative estimate of drug-likeness (QED) is 0.591. The first-order valence-electron chi connectivity index (χ1n) is 10.0. The van der Waals surface area contributed by atoms with Crippen LogP contribution < -0.4 is 25.0 Å². The molecular weight excluding hydrogens is 432 g/mol.